The van der Waals surface area contributed by atoms with Gasteiger partial charge in [-0.25, -0.2) is 14.5 Å². The SMILES string of the molecule is CC(C)(C)OC(=O)NC(C(=O)O)c1ccc(OCCOO)cc1. The maximum Gasteiger partial charge on any atom is 0.408 e. The van der Waals surface area contributed by atoms with Crippen molar-refractivity contribution >= 4 is 12.1 Å². The quantitative estimate of drug-likeness (QED) is 0.399. The van der Waals surface area contributed by atoms with Crippen molar-refractivity contribution in [1.82, 2.24) is 5.32 Å². The third kappa shape index (κ3) is 6.98. The first-order chi connectivity index (χ1) is 10.7. The van der Waals surface area contributed by atoms with Gasteiger partial charge in [-0.1, -0.05) is 12.1 Å². The molecule has 1 unspecified atom stereocenters. The van der Waals surface area contributed by atoms with Gasteiger partial charge in [-0.15, -0.1) is 0 Å². The molecule has 8 nitrogen and oxygen atoms in total. The Kier molecular flexibility index (Phi) is 6.80. The first kappa shape index (κ1) is 18.7. The van der Waals surface area contributed by atoms with Crippen LogP contribution < -0.4 is 10.1 Å². The number of carboxylic acid groups (broad SMARTS) is 1. The second kappa shape index (κ2) is 8.35. The minimum absolute atomic E-state index is 0.0136. The molecule has 0 aliphatic heterocycles. The number of carbonyl (C=O) groups is 2. The third-order valence-electron chi connectivity index (χ3n) is 2.56. The number of hydrogen-bond acceptors (Lipinski definition) is 6. The maximum absolute atomic E-state index is 11.7. The fraction of sp³-hybridized carbons (Fsp3) is 0.467. The summed E-state index contributed by atoms with van der Waals surface area (Å²) < 4.78 is 10.3. The van der Waals surface area contributed by atoms with Gasteiger partial charge in [0.1, 0.15) is 24.6 Å². The van der Waals surface area contributed by atoms with Gasteiger partial charge in [-0.3, -0.25) is 5.26 Å². The summed E-state index contributed by atoms with van der Waals surface area (Å²) >= 11 is 0. The summed E-state index contributed by atoms with van der Waals surface area (Å²) in [5.74, 6) is -0.731. The Balaban J connectivity index is 2.74. The van der Waals surface area contributed by atoms with Gasteiger partial charge in [0.15, 0.2) is 6.04 Å². The Hall–Kier alpha value is -2.32. The zero-order valence-corrected chi connectivity index (χ0v) is 13.2. The number of alkyl carbamates (subject to hydrolysis) is 1. The summed E-state index contributed by atoms with van der Waals surface area (Å²) in [4.78, 5) is 27.0. The molecule has 0 heterocycles. The average Bonchev–Trinajstić information content (AvgIpc) is 2.44. The number of nitrogens with one attached hydrogen (secondary N) is 1. The lowest BCUT2D eigenvalue weighted by molar-refractivity contribution is -0.245. The molecule has 0 saturated heterocycles. The van der Waals surface area contributed by atoms with E-state index >= 15 is 0 Å². The van der Waals surface area contributed by atoms with E-state index in [4.69, 9.17) is 14.7 Å². The summed E-state index contributed by atoms with van der Waals surface area (Å²) in [5, 5.41) is 19.8. The summed E-state index contributed by atoms with van der Waals surface area (Å²) in [6, 6.07) is 4.91. The van der Waals surface area contributed by atoms with E-state index in [1.807, 2.05) is 0 Å². The Morgan fingerprint density at radius 3 is 2.26 bits per heavy atom. The number of amides is 1. The van der Waals surface area contributed by atoms with E-state index in [2.05, 4.69) is 10.2 Å². The molecule has 0 radical (unpaired) electrons. The Morgan fingerprint density at radius 1 is 1.17 bits per heavy atom. The molecule has 1 atom stereocenters. The van der Waals surface area contributed by atoms with Crippen LogP contribution >= 0.6 is 0 Å². The molecule has 0 aliphatic carbocycles. The highest BCUT2D eigenvalue weighted by atomic mass is 17.1. The summed E-state index contributed by atoms with van der Waals surface area (Å²) in [5.41, 5.74) is -0.353. The van der Waals surface area contributed by atoms with E-state index < -0.39 is 23.7 Å². The zero-order valence-electron chi connectivity index (χ0n) is 13.2. The maximum atomic E-state index is 11.7. The second-order valence-electron chi connectivity index (χ2n) is 5.67. The van der Waals surface area contributed by atoms with Gasteiger partial charge >= 0.3 is 12.1 Å². The standard InChI is InChI=1S/C15H21NO7/c1-15(2,3)23-14(19)16-12(13(17)18)10-4-6-11(7-5-10)21-8-9-22-20/h4-7,12,20H,8-9H2,1-3H3,(H,16,19)(H,17,18). The van der Waals surface area contributed by atoms with Gasteiger partial charge in [0.2, 0.25) is 0 Å². The van der Waals surface area contributed by atoms with E-state index in [-0.39, 0.29) is 13.2 Å². The van der Waals surface area contributed by atoms with Crippen LogP contribution in [0, 0.1) is 0 Å². The Bertz CT molecular complexity index is 522. The van der Waals surface area contributed by atoms with Crippen LogP contribution in [0.15, 0.2) is 24.3 Å². The lowest BCUT2D eigenvalue weighted by Crippen LogP contribution is -2.38. The van der Waals surface area contributed by atoms with Gasteiger partial charge < -0.3 is 19.9 Å². The van der Waals surface area contributed by atoms with Crippen molar-refractivity contribution < 1.29 is 34.3 Å². The van der Waals surface area contributed by atoms with Gasteiger partial charge in [0.25, 0.3) is 0 Å². The van der Waals surface area contributed by atoms with E-state index in [1.165, 1.54) is 12.1 Å². The molecule has 0 saturated carbocycles. The molecule has 1 aromatic carbocycles. The summed E-state index contributed by atoms with van der Waals surface area (Å²) in [7, 11) is 0. The van der Waals surface area contributed by atoms with Crippen LogP contribution in [-0.4, -0.2) is 41.2 Å². The number of hydrogen-bond donors (Lipinski definition) is 3. The predicted molar refractivity (Wildman–Crippen MR) is 80.3 cm³/mol. The molecule has 0 aromatic heterocycles. The second-order valence-corrected chi connectivity index (χ2v) is 5.67. The molecular formula is C15H21NO7. The monoisotopic (exact) mass is 327 g/mol. The number of aliphatic carboxylic acids is 1. The molecule has 128 valence electrons. The minimum atomic E-state index is -1.24. The predicted octanol–water partition coefficient (Wildman–Crippen LogP) is 2.21. The third-order valence-corrected chi connectivity index (χ3v) is 2.56. The van der Waals surface area contributed by atoms with Crippen molar-refractivity contribution in [3.8, 4) is 5.75 Å². The molecule has 1 aromatic rings. The molecule has 1 amide bonds. The topological polar surface area (TPSA) is 114 Å². The number of rotatable bonds is 7. The molecule has 23 heavy (non-hydrogen) atoms. The molecular weight excluding hydrogens is 306 g/mol. The number of carbonyl (C=O) groups excluding carboxylic acids is 1. The number of carboxylic acids is 1. The highest BCUT2D eigenvalue weighted by Gasteiger charge is 2.25. The van der Waals surface area contributed by atoms with Crippen molar-refractivity contribution in [2.45, 2.75) is 32.4 Å². The van der Waals surface area contributed by atoms with Crippen molar-refractivity contribution in [2.24, 2.45) is 0 Å². The zero-order chi connectivity index (χ0) is 17.5. The van der Waals surface area contributed by atoms with Crippen molar-refractivity contribution in [2.75, 3.05) is 13.2 Å². The minimum Gasteiger partial charge on any atom is -0.491 e. The molecule has 1 rings (SSSR count). The Labute approximate surface area is 133 Å². The molecule has 0 spiro atoms. The molecule has 0 aliphatic rings. The van der Waals surface area contributed by atoms with E-state index in [9.17, 15) is 14.7 Å². The highest BCUT2D eigenvalue weighted by molar-refractivity contribution is 5.81. The van der Waals surface area contributed by atoms with Crippen LogP contribution in [0.3, 0.4) is 0 Å². The highest BCUT2D eigenvalue weighted by Crippen LogP contribution is 2.19. The fourth-order valence-corrected chi connectivity index (χ4v) is 1.67. The fourth-order valence-electron chi connectivity index (χ4n) is 1.67. The average molecular weight is 327 g/mol. The van der Waals surface area contributed by atoms with Crippen LogP contribution in [0.5, 0.6) is 5.75 Å². The lowest BCUT2D eigenvalue weighted by Gasteiger charge is -2.22. The summed E-state index contributed by atoms with van der Waals surface area (Å²) in [6.07, 6.45) is -0.815. The van der Waals surface area contributed by atoms with E-state index in [0.29, 0.717) is 11.3 Å². The Morgan fingerprint density at radius 2 is 1.78 bits per heavy atom. The van der Waals surface area contributed by atoms with Crippen LogP contribution in [0.1, 0.15) is 32.4 Å². The van der Waals surface area contributed by atoms with Crippen molar-refractivity contribution in [3.63, 3.8) is 0 Å². The van der Waals surface area contributed by atoms with Gasteiger partial charge in [0, 0.05) is 0 Å². The number of benzene rings is 1. The summed E-state index contributed by atoms with van der Waals surface area (Å²) in [6.45, 7) is 5.22. The first-order valence-electron chi connectivity index (χ1n) is 6.94. The van der Waals surface area contributed by atoms with Crippen molar-refractivity contribution in [3.05, 3.63) is 29.8 Å². The molecule has 0 bridgehead atoms. The van der Waals surface area contributed by atoms with Crippen LogP contribution in [-0.2, 0) is 14.4 Å². The number of ether oxygens (including phenoxy) is 2. The molecule has 8 heteroatoms. The lowest BCUT2D eigenvalue weighted by atomic mass is 10.1. The smallest absolute Gasteiger partial charge is 0.408 e. The van der Waals surface area contributed by atoms with Gasteiger partial charge in [0.05, 0.1) is 0 Å². The molecule has 0 fully saturated rings. The van der Waals surface area contributed by atoms with Crippen molar-refractivity contribution in [1.29, 1.82) is 0 Å². The van der Waals surface area contributed by atoms with E-state index in [1.54, 1.807) is 32.9 Å². The van der Waals surface area contributed by atoms with Crippen LogP contribution in [0.25, 0.3) is 0 Å². The normalized spacial score (nSPS) is 12.3. The largest absolute Gasteiger partial charge is 0.491 e. The van der Waals surface area contributed by atoms with E-state index in [0.717, 1.165) is 0 Å². The molecule has 3 N–H and O–H groups in total. The first-order valence-corrected chi connectivity index (χ1v) is 6.94. The van der Waals surface area contributed by atoms with Gasteiger partial charge in [-0.2, -0.15) is 0 Å². The van der Waals surface area contributed by atoms with Gasteiger partial charge in [-0.05, 0) is 38.5 Å². The van der Waals surface area contributed by atoms with Crippen LogP contribution in [0.4, 0.5) is 4.79 Å². The van der Waals surface area contributed by atoms with Crippen LogP contribution in [0.2, 0.25) is 0 Å².